The molecule has 0 fully saturated rings. The maximum absolute atomic E-state index is 12.5. The van der Waals surface area contributed by atoms with E-state index in [1.807, 2.05) is 36.6 Å². The second-order valence-electron chi connectivity index (χ2n) is 6.17. The summed E-state index contributed by atoms with van der Waals surface area (Å²) in [4.78, 5) is 24.0. The van der Waals surface area contributed by atoms with E-state index in [1.165, 1.54) is 0 Å². The van der Waals surface area contributed by atoms with Crippen LogP contribution >= 0.6 is 0 Å². The molecule has 0 radical (unpaired) electrons. The maximum Gasteiger partial charge on any atom is 0.332 e. The number of rotatable bonds is 7. The molecule has 0 saturated heterocycles. The van der Waals surface area contributed by atoms with Gasteiger partial charge in [-0.15, -0.1) is 0 Å². The molecule has 1 aromatic carbocycles. The van der Waals surface area contributed by atoms with Crippen LogP contribution in [0.25, 0.3) is 5.69 Å². The van der Waals surface area contributed by atoms with Crippen molar-refractivity contribution in [2.75, 3.05) is 33.0 Å². The van der Waals surface area contributed by atoms with Gasteiger partial charge in [0.25, 0.3) is 0 Å². The van der Waals surface area contributed by atoms with Crippen LogP contribution in [0.15, 0.2) is 24.3 Å². The van der Waals surface area contributed by atoms with Gasteiger partial charge < -0.3 is 23.5 Å². The Labute approximate surface area is 157 Å². The smallest absolute Gasteiger partial charge is 0.332 e. The van der Waals surface area contributed by atoms with Crippen LogP contribution in [0.4, 0.5) is 0 Å². The number of nitrogens with zero attached hydrogens (tertiary/aromatic N) is 1. The maximum atomic E-state index is 12.5. The largest absolute Gasteiger partial charge is 0.486 e. The fourth-order valence-electron chi connectivity index (χ4n) is 3.06. The van der Waals surface area contributed by atoms with Crippen LogP contribution in [0.5, 0.6) is 11.5 Å². The summed E-state index contributed by atoms with van der Waals surface area (Å²) in [7, 11) is 0. The minimum atomic E-state index is -0.550. The molecule has 0 amide bonds. The van der Waals surface area contributed by atoms with E-state index in [1.54, 1.807) is 13.0 Å². The zero-order valence-corrected chi connectivity index (χ0v) is 15.7. The summed E-state index contributed by atoms with van der Waals surface area (Å²) in [5.41, 5.74) is 3.07. The average Bonchev–Trinajstić information content (AvgIpc) is 2.98. The Bertz CT molecular complexity index is 854. The molecular weight excluding hydrogens is 350 g/mol. The molecule has 2 aromatic rings. The number of carbonyl (C=O) groups is 2. The number of hydrogen-bond acceptors (Lipinski definition) is 6. The molecule has 1 aromatic heterocycles. The van der Waals surface area contributed by atoms with Gasteiger partial charge in [-0.1, -0.05) is 0 Å². The van der Waals surface area contributed by atoms with E-state index in [4.69, 9.17) is 18.9 Å². The van der Waals surface area contributed by atoms with Crippen molar-refractivity contribution >= 4 is 11.8 Å². The lowest BCUT2D eigenvalue weighted by Gasteiger charge is -2.20. The molecule has 1 aliphatic heterocycles. The fourth-order valence-corrected chi connectivity index (χ4v) is 3.06. The van der Waals surface area contributed by atoms with Gasteiger partial charge in [-0.05, 0) is 39.0 Å². The van der Waals surface area contributed by atoms with Crippen LogP contribution < -0.4 is 9.47 Å². The Morgan fingerprint density at radius 1 is 1.07 bits per heavy atom. The number of hydrogen-bond donors (Lipinski definition) is 0. The molecule has 0 bridgehead atoms. The fraction of sp³-hybridized carbons (Fsp3) is 0.400. The molecule has 0 aliphatic carbocycles. The average molecular weight is 373 g/mol. The topological polar surface area (TPSA) is 76.0 Å². The number of aryl methyl sites for hydroxylation is 1. The third kappa shape index (κ3) is 4.14. The first-order valence-corrected chi connectivity index (χ1v) is 8.86. The van der Waals surface area contributed by atoms with Crippen molar-refractivity contribution in [3.8, 4) is 17.2 Å². The van der Waals surface area contributed by atoms with Gasteiger partial charge in [-0.25, -0.2) is 4.79 Å². The standard InChI is InChI=1S/C20H23NO6/c1-4-24-12-20(23)27-11-17(22)16-9-13(2)21(14(16)3)15-5-6-18-19(10-15)26-8-7-25-18/h5-6,9-10H,4,7-8,11-12H2,1-3H3. The van der Waals surface area contributed by atoms with Crippen molar-refractivity contribution < 1.29 is 28.5 Å². The Morgan fingerprint density at radius 3 is 2.56 bits per heavy atom. The highest BCUT2D eigenvalue weighted by Crippen LogP contribution is 2.33. The molecule has 2 heterocycles. The summed E-state index contributed by atoms with van der Waals surface area (Å²) < 4.78 is 23.1. The van der Waals surface area contributed by atoms with Crippen molar-refractivity contribution in [1.29, 1.82) is 0 Å². The minimum Gasteiger partial charge on any atom is -0.486 e. The first-order chi connectivity index (χ1) is 13.0. The number of ether oxygens (including phenoxy) is 4. The minimum absolute atomic E-state index is 0.153. The zero-order valence-electron chi connectivity index (χ0n) is 15.7. The van der Waals surface area contributed by atoms with E-state index in [0.717, 1.165) is 17.1 Å². The number of esters is 1. The molecule has 0 spiro atoms. The Hall–Kier alpha value is -2.80. The highest BCUT2D eigenvalue weighted by Gasteiger charge is 2.20. The van der Waals surface area contributed by atoms with Crippen molar-refractivity contribution in [2.45, 2.75) is 20.8 Å². The van der Waals surface area contributed by atoms with Gasteiger partial charge >= 0.3 is 5.97 Å². The van der Waals surface area contributed by atoms with E-state index in [0.29, 0.717) is 36.9 Å². The predicted octanol–water partition coefficient (Wildman–Crippen LogP) is 2.63. The van der Waals surface area contributed by atoms with E-state index in [9.17, 15) is 9.59 Å². The normalized spacial score (nSPS) is 12.7. The Balaban J connectivity index is 1.78. The molecule has 0 saturated carbocycles. The molecule has 27 heavy (non-hydrogen) atoms. The van der Waals surface area contributed by atoms with Crippen LogP contribution in [0.1, 0.15) is 28.7 Å². The molecule has 1 aliphatic rings. The van der Waals surface area contributed by atoms with Crippen molar-refractivity contribution in [3.05, 3.63) is 41.2 Å². The summed E-state index contributed by atoms with van der Waals surface area (Å²) in [6, 6.07) is 7.47. The van der Waals surface area contributed by atoms with Crippen LogP contribution in [0.3, 0.4) is 0 Å². The highest BCUT2D eigenvalue weighted by molar-refractivity contribution is 5.99. The first-order valence-electron chi connectivity index (χ1n) is 8.86. The number of carbonyl (C=O) groups excluding carboxylic acids is 2. The quantitative estimate of drug-likeness (QED) is 0.549. The molecular formula is C20H23NO6. The number of ketones is 1. The number of aromatic nitrogens is 1. The Kier molecular flexibility index (Phi) is 5.81. The number of fused-ring (bicyclic) bond motifs is 1. The van der Waals surface area contributed by atoms with Gasteiger partial charge in [0, 0.05) is 35.3 Å². The van der Waals surface area contributed by atoms with Gasteiger partial charge in [0.2, 0.25) is 5.78 Å². The molecule has 3 rings (SSSR count). The molecule has 0 atom stereocenters. The molecule has 7 nitrogen and oxygen atoms in total. The molecule has 144 valence electrons. The van der Waals surface area contributed by atoms with Crippen LogP contribution in [0, 0.1) is 13.8 Å². The third-order valence-corrected chi connectivity index (χ3v) is 4.30. The van der Waals surface area contributed by atoms with Crippen molar-refractivity contribution in [2.24, 2.45) is 0 Å². The number of benzene rings is 1. The van der Waals surface area contributed by atoms with Gasteiger partial charge in [-0.3, -0.25) is 4.79 Å². The number of Topliss-reactive ketones (excluding diaryl/α,β-unsaturated/α-hetero) is 1. The SMILES string of the molecule is CCOCC(=O)OCC(=O)c1cc(C)n(-c2ccc3c(c2)OCCO3)c1C. The van der Waals surface area contributed by atoms with Gasteiger partial charge in [0.1, 0.15) is 19.8 Å². The van der Waals surface area contributed by atoms with Crippen LogP contribution in [0.2, 0.25) is 0 Å². The lowest BCUT2D eigenvalue weighted by atomic mass is 10.1. The summed E-state index contributed by atoms with van der Waals surface area (Å²) in [6.45, 7) is 6.56. The lowest BCUT2D eigenvalue weighted by molar-refractivity contribution is -0.147. The molecule has 0 unspecified atom stereocenters. The zero-order chi connectivity index (χ0) is 19.4. The molecule has 0 N–H and O–H groups in total. The van der Waals surface area contributed by atoms with E-state index >= 15 is 0 Å². The predicted molar refractivity (Wildman–Crippen MR) is 98.0 cm³/mol. The van der Waals surface area contributed by atoms with E-state index in [-0.39, 0.29) is 19.0 Å². The van der Waals surface area contributed by atoms with Gasteiger partial charge in [0.05, 0.1) is 0 Å². The highest BCUT2D eigenvalue weighted by atomic mass is 16.6. The summed E-state index contributed by atoms with van der Waals surface area (Å²) in [5.74, 6) is 0.594. The van der Waals surface area contributed by atoms with Crippen LogP contribution in [-0.2, 0) is 14.3 Å². The first kappa shape index (κ1) is 19.0. The third-order valence-electron chi connectivity index (χ3n) is 4.30. The van der Waals surface area contributed by atoms with Gasteiger partial charge in [0.15, 0.2) is 18.1 Å². The second-order valence-corrected chi connectivity index (χ2v) is 6.17. The van der Waals surface area contributed by atoms with Gasteiger partial charge in [-0.2, -0.15) is 0 Å². The van der Waals surface area contributed by atoms with E-state index in [2.05, 4.69) is 0 Å². The summed E-state index contributed by atoms with van der Waals surface area (Å²) in [6.07, 6.45) is 0. The second kappa shape index (κ2) is 8.26. The van der Waals surface area contributed by atoms with E-state index < -0.39 is 5.97 Å². The summed E-state index contributed by atoms with van der Waals surface area (Å²) >= 11 is 0. The summed E-state index contributed by atoms with van der Waals surface area (Å²) in [5, 5.41) is 0. The van der Waals surface area contributed by atoms with Crippen molar-refractivity contribution in [1.82, 2.24) is 4.57 Å². The van der Waals surface area contributed by atoms with Crippen LogP contribution in [-0.4, -0.2) is 49.4 Å². The van der Waals surface area contributed by atoms with Crippen molar-refractivity contribution in [3.63, 3.8) is 0 Å². The molecule has 7 heteroatoms. The monoisotopic (exact) mass is 373 g/mol. The lowest BCUT2D eigenvalue weighted by Crippen LogP contribution is -2.18. The Morgan fingerprint density at radius 2 is 1.81 bits per heavy atom.